The Morgan fingerprint density at radius 2 is 1.81 bits per heavy atom. The molecule has 0 aliphatic rings. The molecular formula is C21H16F2N4. The molecule has 0 radical (unpaired) electrons. The minimum Gasteiger partial charge on any atom is -0.373 e. The standard InChI is InChI=1S/C21H16F2N4/c1-12-5-6-13(10-17(12)22)15-7-8-16-19(18(15)23)26-20(27-21(16)24-2)14-4-3-9-25-11-14/h3-11H,1-2H3,(H,24,26,27). The van der Waals surface area contributed by atoms with Crippen molar-refractivity contribution in [2.24, 2.45) is 0 Å². The van der Waals surface area contributed by atoms with Gasteiger partial charge in [0.2, 0.25) is 0 Å². The molecule has 6 heteroatoms. The zero-order chi connectivity index (χ0) is 19.0. The van der Waals surface area contributed by atoms with Gasteiger partial charge in [-0.2, -0.15) is 0 Å². The first-order valence-corrected chi connectivity index (χ1v) is 8.43. The Kier molecular flexibility index (Phi) is 4.24. The summed E-state index contributed by atoms with van der Waals surface area (Å²) in [5.41, 5.74) is 2.12. The van der Waals surface area contributed by atoms with Gasteiger partial charge in [-0.05, 0) is 42.3 Å². The van der Waals surface area contributed by atoms with Gasteiger partial charge in [-0.25, -0.2) is 18.7 Å². The molecule has 4 aromatic rings. The molecule has 0 unspecified atom stereocenters. The molecule has 0 fully saturated rings. The predicted octanol–water partition coefficient (Wildman–Crippen LogP) is 4.99. The van der Waals surface area contributed by atoms with Crippen LogP contribution in [0.3, 0.4) is 0 Å². The summed E-state index contributed by atoms with van der Waals surface area (Å²) < 4.78 is 29.3. The number of aromatic nitrogens is 3. The number of hydrogen-bond donors (Lipinski definition) is 1. The Morgan fingerprint density at radius 1 is 0.963 bits per heavy atom. The molecule has 0 bridgehead atoms. The fourth-order valence-electron chi connectivity index (χ4n) is 2.96. The van der Waals surface area contributed by atoms with Crippen molar-refractivity contribution in [3.63, 3.8) is 0 Å². The van der Waals surface area contributed by atoms with Gasteiger partial charge >= 0.3 is 0 Å². The molecule has 0 atom stereocenters. The fourth-order valence-corrected chi connectivity index (χ4v) is 2.96. The second kappa shape index (κ2) is 6.72. The first kappa shape index (κ1) is 17.0. The monoisotopic (exact) mass is 362 g/mol. The van der Waals surface area contributed by atoms with Gasteiger partial charge in [0.15, 0.2) is 11.6 Å². The lowest BCUT2D eigenvalue weighted by atomic mass is 10.0. The highest BCUT2D eigenvalue weighted by Crippen LogP contribution is 2.32. The summed E-state index contributed by atoms with van der Waals surface area (Å²) >= 11 is 0. The maximum atomic E-state index is 15.3. The van der Waals surface area contributed by atoms with E-state index in [1.807, 2.05) is 6.07 Å². The average Bonchev–Trinajstić information content (AvgIpc) is 2.70. The van der Waals surface area contributed by atoms with Gasteiger partial charge in [-0.15, -0.1) is 0 Å². The lowest BCUT2D eigenvalue weighted by Gasteiger charge is -2.12. The van der Waals surface area contributed by atoms with Gasteiger partial charge in [-0.1, -0.05) is 18.2 Å². The van der Waals surface area contributed by atoms with Crippen molar-refractivity contribution in [1.29, 1.82) is 0 Å². The number of nitrogens with zero attached hydrogens (tertiary/aromatic N) is 3. The van der Waals surface area contributed by atoms with Crippen molar-refractivity contribution >= 4 is 16.7 Å². The van der Waals surface area contributed by atoms with E-state index in [0.29, 0.717) is 39.3 Å². The van der Waals surface area contributed by atoms with E-state index in [2.05, 4.69) is 20.3 Å². The Balaban J connectivity index is 1.97. The third kappa shape index (κ3) is 2.99. The van der Waals surface area contributed by atoms with Crippen LogP contribution in [-0.2, 0) is 0 Å². The van der Waals surface area contributed by atoms with Gasteiger partial charge in [0.1, 0.15) is 17.2 Å². The SMILES string of the molecule is CNc1nc(-c2cccnc2)nc2c(F)c(-c3ccc(C)c(F)c3)ccc12. The maximum Gasteiger partial charge on any atom is 0.163 e. The summed E-state index contributed by atoms with van der Waals surface area (Å²) in [5, 5.41) is 3.54. The lowest BCUT2D eigenvalue weighted by Crippen LogP contribution is -2.01. The predicted molar refractivity (Wildman–Crippen MR) is 102 cm³/mol. The van der Waals surface area contributed by atoms with Crippen LogP contribution in [0.15, 0.2) is 54.9 Å². The third-order valence-electron chi connectivity index (χ3n) is 4.45. The van der Waals surface area contributed by atoms with Crippen molar-refractivity contribution in [3.05, 3.63) is 72.1 Å². The summed E-state index contributed by atoms with van der Waals surface area (Å²) in [6, 6.07) is 11.6. The quantitative estimate of drug-likeness (QED) is 0.558. The van der Waals surface area contributed by atoms with Crippen LogP contribution >= 0.6 is 0 Å². The normalized spacial score (nSPS) is 11.0. The minimum absolute atomic E-state index is 0.173. The molecule has 4 rings (SSSR count). The molecule has 1 N–H and O–H groups in total. The van der Waals surface area contributed by atoms with E-state index < -0.39 is 5.82 Å². The van der Waals surface area contributed by atoms with Gasteiger partial charge in [0.25, 0.3) is 0 Å². The third-order valence-corrected chi connectivity index (χ3v) is 4.45. The van der Waals surface area contributed by atoms with E-state index in [-0.39, 0.29) is 11.3 Å². The molecule has 2 aromatic heterocycles. The van der Waals surface area contributed by atoms with Crippen LogP contribution in [0.5, 0.6) is 0 Å². The molecule has 0 spiro atoms. The van der Waals surface area contributed by atoms with Gasteiger partial charge in [0.05, 0.1) is 0 Å². The van der Waals surface area contributed by atoms with Crippen LogP contribution in [0, 0.1) is 18.6 Å². The van der Waals surface area contributed by atoms with Crippen LogP contribution < -0.4 is 5.32 Å². The van der Waals surface area contributed by atoms with Crippen molar-refractivity contribution < 1.29 is 8.78 Å². The molecule has 4 nitrogen and oxygen atoms in total. The molecular weight excluding hydrogens is 346 g/mol. The summed E-state index contributed by atoms with van der Waals surface area (Å²) in [6.45, 7) is 1.67. The van der Waals surface area contributed by atoms with E-state index in [9.17, 15) is 4.39 Å². The molecule has 134 valence electrons. The minimum atomic E-state index is -0.514. The van der Waals surface area contributed by atoms with Crippen molar-refractivity contribution in [2.75, 3.05) is 12.4 Å². The number of fused-ring (bicyclic) bond motifs is 1. The zero-order valence-electron chi connectivity index (χ0n) is 14.8. The number of rotatable bonds is 3. The van der Waals surface area contributed by atoms with Crippen LogP contribution in [0.1, 0.15) is 5.56 Å². The maximum absolute atomic E-state index is 15.3. The van der Waals surface area contributed by atoms with Gasteiger partial charge < -0.3 is 5.32 Å². The lowest BCUT2D eigenvalue weighted by molar-refractivity contribution is 0.618. The van der Waals surface area contributed by atoms with Crippen molar-refractivity contribution in [1.82, 2.24) is 15.0 Å². The van der Waals surface area contributed by atoms with Gasteiger partial charge in [0, 0.05) is 36.0 Å². The van der Waals surface area contributed by atoms with Crippen molar-refractivity contribution in [3.8, 4) is 22.5 Å². The highest BCUT2D eigenvalue weighted by Gasteiger charge is 2.16. The van der Waals surface area contributed by atoms with Gasteiger partial charge in [-0.3, -0.25) is 4.98 Å². The Labute approximate surface area is 154 Å². The van der Waals surface area contributed by atoms with Crippen LogP contribution in [0.2, 0.25) is 0 Å². The highest BCUT2D eigenvalue weighted by atomic mass is 19.1. The van der Waals surface area contributed by atoms with Crippen LogP contribution in [0.4, 0.5) is 14.6 Å². The van der Waals surface area contributed by atoms with E-state index in [4.69, 9.17) is 0 Å². The number of anilines is 1. The Bertz CT molecular complexity index is 1140. The zero-order valence-corrected chi connectivity index (χ0v) is 14.8. The van der Waals surface area contributed by atoms with E-state index in [1.165, 1.54) is 6.07 Å². The first-order valence-electron chi connectivity index (χ1n) is 8.43. The largest absolute Gasteiger partial charge is 0.373 e. The van der Waals surface area contributed by atoms with E-state index in [1.54, 1.807) is 56.7 Å². The summed E-state index contributed by atoms with van der Waals surface area (Å²) in [5.74, 6) is -0.00748. The molecule has 0 aliphatic heterocycles. The van der Waals surface area contributed by atoms with Crippen LogP contribution in [0.25, 0.3) is 33.4 Å². The smallest absolute Gasteiger partial charge is 0.163 e. The van der Waals surface area contributed by atoms with Crippen LogP contribution in [-0.4, -0.2) is 22.0 Å². The Morgan fingerprint density at radius 3 is 2.52 bits per heavy atom. The van der Waals surface area contributed by atoms with E-state index >= 15 is 4.39 Å². The molecule has 0 saturated heterocycles. The second-order valence-electron chi connectivity index (χ2n) is 6.17. The molecule has 0 aliphatic carbocycles. The molecule has 2 heterocycles. The number of halogens is 2. The molecule has 0 saturated carbocycles. The highest BCUT2D eigenvalue weighted by molar-refractivity contribution is 5.94. The average molecular weight is 362 g/mol. The van der Waals surface area contributed by atoms with Crippen molar-refractivity contribution in [2.45, 2.75) is 6.92 Å². The topological polar surface area (TPSA) is 50.7 Å². The fraction of sp³-hybridized carbons (Fsp3) is 0.0952. The summed E-state index contributed by atoms with van der Waals surface area (Å²) in [4.78, 5) is 13.0. The summed E-state index contributed by atoms with van der Waals surface area (Å²) in [7, 11) is 1.72. The molecule has 27 heavy (non-hydrogen) atoms. The van der Waals surface area contributed by atoms with E-state index in [0.717, 1.165) is 0 Å². The number of aryl methyl sites for hydroxylation is 1. The molecule has 2 aromatic carbocycles. The Hall–Kier alpha value is -3.41. The number of hydrogen-bond acceptors (Lipinski definition) is 4. The number of benzene rings is 2. The first-order chi connectivity index (χ1) is 13.1. The summed E-state index contributed by atoms with van der Waals surface area (Å²) in [6.07, 6.45) is 3.27. The number of nitrogens with one attached hydrogen (secondary N) is 1. The molecule has 0 amide bonds. The number of pyridine rings is 1. The second-order valence-corrected chi connectivity index (χ2v) is 6.17.